The molecule has 0 saturated heterocycles. The van der Waals surface area contributed by atoms with Crippen LogP contribution < -0.4 is 4.74 Å². The van der Waals surface area contributed by atoms with Crippen LogP contribution in [-0.2, 0) is 11.2 Å². The van der Waals surface area contributed by atoms with Crippen molar-refractivity contribution in [3.8, 4) is 5.75 Å². The van der Waals surface area contributed by atoms with Gasteiger partial charge in [-0.25, -0.2) is 4.79 Å². The number of nitrogens with zero attached hydrogens (tertiary/aromatic N) is 1. The van der Waals surface area contributed by atoms with Gasteiger partial charge in [0, 0.05) is 11.6 Å². The number of carboxylic acid groups (broad SMARTS) is 1. The van der Waals surface area contributed by atoms with Gasteiger partial charge in [-0.15, -0.1) is 6.58 Å². The van der Waals surface area contributed by atoms with E-state index in [0.717, 1.165) is 0 Å². The number of carbonyl (C=O) groups is 1. The Bertz CT molecular complexity index is 455. The fourth-order valence-corrected chi connectivity index (χ4v) is 1.33. The maximum atomic E-state index is 10.8. The quantitative estimate of drug-likeness (QED) is 0.462. The number of allylic oxidation sites excluding steroid dienone is 1. The smallest absolute Gasteiger partial charge is 0.341 e. The van der Waals surface area contributed by atoms with Gasteiger partial charge in [0.1, 0.15) is 0 Å². The lowest BCUT2D eigenvalue weighted by molar-refractivity contribution is -0.385. The summed E-state index contributed by atoms with van der Waals surface area (Å²) in [5.74, 6) is -1.20. The molecule has 6 heteroatoms. The fourth-order valence-electron chi connectivity index (χ4n) is 1.33. The van der Waals surface area contributed by atoms with Gasteiger partial charge in [-0.3, -0.25) is 10.1 Å². The van der Waals surface area contributed by atoms with E-state index in [1.807, 2.05) is 0 Å². The standard InChI is InChI=1S/C11H11NO5/c1-2-4-8-5-3-6-9(12(15)16)11(8)17-7-10(13)14/h2-3,5-6H,1,4,7H2,(H,13,14). The third kappa shape index (κ3) is 3.30. The molecule has 0 fully saturated rings. The summed E-state index contributed by atoms with van der Waals surface area (Å²) in [4.78, 5) is 20.6. The molecule has 1 N–H and O–H groups in total. The van der Waals surface area contributed by atoms with Crippen LogP contribution >= 0.6 is 0 Å². The van der Waals surface area contributed by atoms with Gasteiger partial charge in [0.25, 0.3) is 0 Å². The number of hydrogen-bond acceptors (Lipinski definition) is 4. The maximum Gasteiger partial charge on any atom is 0.341 e. The average Bonchev–Trinajstić information content (AvgIpc) is 2.27. The monoisotopic (exact) mass is 237 g/mol. The van der Waals surface area contributed by atoms with Gasteiger partial charge in [-0.2, -0.15) is 0 Å². The lowest BCUT2D eigenvalue weighted by atomic mass is 10.1. The number of hydrogen-bond donors (Lipinski definition) is 1. The highest BCUT2D eigenvalue weighted by atomic mass is 16.6. The zero-order valence-corrected chi connectivity index (χ0v) is 8.96. The summed E-state index contributed by atoms with van der Waals surface area (Å²) in [6, 6.07) is 4.42. The molecule has 1 aromatic carbocycles. The summed E-state index contributed by atoms with van der Waals surface area (Å²) in [6.45, 7) is 2.91. The molecule has 0 aliphatic carbocycles. The van der Waals surface area contributed by atoms with Crippen LogP contribution in [0.2, 0.25) is 0 Å². The second kappa shape index (κ2) is 5.64. The predicted octanol–water partition coefficient (Wildman–Crippen LogP) is 1.79. The van der Waals surface area contributed by atoms with Crippen molar-refractivity contribution in [2.24, 2.45) is 0 Å². The number of aliphatic carboxylic acids is 1. The molecule has 0 unspecified atom stereocenters. The Kier molecular flexibility index (Phi) is 4.21. The molecular weight excluding hydrogens is 226 g/mol. The van der Waals surface area contributed by atoms with Gasteiger partial charge in [0.15, 0.2) is 6.61 Å². The Labute approximate surface area is 97.3 Å². The summed E-state index contributed by atoms with van der Waals surface area (Å²) in [6.07, 6.45) is 1.93. The minimum atomic E-state index is -1.19. The minimum absolute atomic E-state index is 0.0141. The van der Waals surface area contributed by atoms with Crippen LogP contribution in [0.4, 0.5) is 5.69 Å². The Hall–Kier alpha value is -2.37. The molecule has 0 bridgehead atoms. The van der Waals surface area contributed by atoms with Crippen molar-refractivity contribution in [3.63, 3.8) is 0 Å². The Morgan fingerprint density at radius 3 is 2.82 bits per heavy atom. The summed E-state index contributed by atoms with van der Waals surface area (Å²) in [7, 11) is 0. The lowest BCUT2D eigenvalue weighted by Gasteiger charge is -2.08. The highest BCUT2D eigenvalue weighted by molar-refractivity contribution is 5.69. The molecule has 0 aliphatic rings. The van der Waals surface area contributed by atoms with E-state index in [9.17, 15) is 14.9 Å². The second-order valence-corrected chi connectivity index (χ2v) is 3.20. The topological polar surface area (TPSA) is 89.7 Å². The fraction of sp³-hybridized carbons (Fsp3) is 0.182. The highest BCUT2D eigenvalue weighted by Crippen LogP contribution is 2.31. The van der Waals surface area contributed by atoms with Crippen molar-refractivity contribution in [2.45, 2.75) is 6.42 Å². The third-order valence-corrected chi connectivity index (χ3v) is 1.98. The molecule has 0 spiro atoms. The van der Waals surface area contributed by atoms with E-state index in [-0.39, 0.29) is 11.4 Å². The van der Waals surface area contributed by atoms with E-state index < -0.39 is 17.5 Å². The van der Waals surface area contributed by atoms with E-state index in [1.54, 1.807) is 12.1 Å². The van der Waals surface area contributed by atoms with Crippen molar-refractivity contribution in [2.75, 3.05) is 6.61 Å². The van der Waals surface area contributed by atoms with E-state index in [1.165, 1.54) is 12.1 Å². The average molecular weight is 237 g/mol. The zero-order chi connectivity index (χ0) is 12.8. The van der Waals surface area contributed by atoms with Crippen LogP contribution in [0.25, 0.3) is 0 Å². The first-order valence-electron chi connectivity index (χ1n) is 4.78. The van der Waals surface area contributed by atoms with Gasteiger partial charge >= 0.3 is 11.7 Å². The van der Waals surface area contributed by atoms with Crippen molar-refractivity contribution < 1.29 is 19.6 Å². The van der Waals surface area contributed by atoms with Crippen molar-refractivity contribution in [3.05, 3.63) is 46.5 Å². The summed E-state index contributed by atoms with van der Waals surface area (Å²) in [5.41, 5.74) is 0.293. The van der Waals surface area contributed by atoms with E-state index >= 15 is 0 Å². The maximum absolute atomic E-state index is 10.8. The normalized spacial score (nSPS) is 9.65. The van der Waals surface area contributed by atoms with Crippen molar-refractivity contribution >= 4 is 11.7 Å². The first kappa shape index (κ1) is 12.7. The van der Waals surface area contributed by atoms with Crippen LogP contribution in [0.15, 0.2) is 30.9 Å². The predicted molar refractivity (Wildman–Crippen MR) is 60.1 cm³/mol. The Morgan fingerprint density at radius 1 is 1.59 bits per heavy atom. The molecule has 0 saturated carbocycles. The molecule has 90 valence electrons. The SMILES string of the molecule is C=CCc1cccc([N+](=O)[O-])c1OCC(=O)O. The molecule has 0 amide bonds. The van der Waals surface area contributed by atoms with Crippen LogP contribution in [-0.4, -0.2) is 22.6 Å². The van der Waals surface area contributed by atoms with Gasteiger partial charge in [0.05, 0.1) is 4.92 Å². The number of nitro groups is 1. The lowest BCUT2D eigenvalue weighted by Crippen LogP contribution is -2.11. The molecule has 1 rings (SSSR count). The molecular formula is C11H11NO5. The van der Waals surface area contributed by atoms with Gasteiger partial charge in [-0.05, 0) is 6.42 Å². The molecule has 17 heavy (non-hydrogen) atoms. The Balaban J connectivity index is 3.13. The number of para-hydroxylation sites is 1. The number of ether oxygens (including phenoxy) is 1. The first-order valence-corrected chi connectivity index (χ1v) is 4.78. The summed E-state index contributed by atoms with van der Waals surface area (Å²) >= 11 is 0. The second-order valence-electron chi connectivity index (χ2n) is 3.20. The summed E-state index contributed by atoms with van der Waals surface area (Å²) in [5, 5.41) is 19.3. The van der Waals surface area contributed by atoms with Gasteiger partial charge in [0.2, 0.25) is 5.75 Å². The zero-order valence-electron chi connectivity index (χ0n) is 8.96. The number of rotatable bonds is 6. The molecule has 0 heterocycles. The molecule has 0 radical (unpaired) electrons. The highest BCUT2D eigenvalue weighted by Gasteiger charge is 2.19. The van der Waals surface area contributed by atoms with Gasteiger partial charge in [-0.1, -0.05) is 18.2 Å². The van der Waals surface area contributed by atoms with Crippen LogP contribution in [0.1, 0.15) is 5.56 Å². The molecule has 0 atom stereocenters. The number of carboxylic acids is 1. The van der Waals surface area contributed by atoms with Crippen LogP contribution in [0.5, 0.6) is 5.75 Å². The number of nitro benzene ring substituents is 1. The van der Waals surface area contributed by atoms with Gasteiger partial charge < -0.3 is 9.84 Å². The largest absolute Gasteiger partial charge is 0.479 e. The third-order valence-electron chi connectivity index (χ3n) is 1.98. The summed E-state index contributed by atoms with van der Waals surface area (Å²) < 4.78 is 4.95. The van der Waals surface area contributed by atoms with Crippen molar-refractivity contribution in [1.29, 1.82) is 0 Å². The number of benzene rings is 1. The van der Waals surface area contributed by atoms with Crippen LogP contribution in [0.3, 0.4) is 0 Å². The molecule has 1 aromatic rings. The molecule has 0 aliphatic heterocycles. The minimum Gasteiger partial charge on any atom is -0.479 e. The molecule has 0 aromatic heterocycles. The van der Waals surface area contributed by atoms with E-state index in [4.69, 9.17) is 9.84 Å². The van der Waals surface area contributed by atoms with Crippen LogP contribution in [0, 0.1) is 10.1 Å². The van der Waals surface area contributed by atoms with E-state index in [2.05, 4.69) is 6.58 Å². The van der Waals surface area contributed by atoms with Crippen molar-refractivity contribution in [1.82, 2.24) is 0 Å². The first-order chi connectivity index (χ1) is 8.06. The van der Waals surface area contributed by atoms with E-state index in [0.29, 0.717) is 12.0 Å². The molecule has 6 nitrogen and oxygen atoms in total. The Morgan fingerprint density at radius 2 is 2.29 bits per heavy atom.